The van der Waals surface area contributed by atoms with Crippen LogP contribution in [0.4, 0.5) is 0 Å². The lowest BCUT2D eigenvalue weighted by molar-refractivity contribution is -0.127. The monoisotopic (exact) mass is 295 g/mol. The van der Waals surface area contributed by atoms with Crippen LogP contribution in [0.3, 0.4) is 0 Å². The summed E-state index contributed by atoms with van der Waals surface area (Å²) in [6, 6.07) is 5.54. The summed E-state index contributed by atoms with van der Waals surface area (Å²) in [7, 11) is 1.63. The summed E-state index contributed by atoms with van der Waals surface area (Å²) in [5, 5.41) is 12.6. The van der Waals surface area contributed by atoms with E-state index < -0.39 is 12.2 Å². The zero-order valence-electron chi connectivity index (χ0n) is 13.2. The van der Waals surface area contributed by atoms with E-state index in [4.69, 9.17) is 9.47 Å². The van der Waals surface area contributed by atoms with Crippen molar-refractivity contribution >= 4 is 5.91 Å². The first-order valence-electron chi connectivity index (χ1n) is 7.17. The summed E-state index contributed by atoms with van der Waals surface area (Å²) < 4.78 is 10.6. The molecule has 1 aromatic rings. The van der Waals surface area contributed by atoms with E-state index in [-0.39, 0.29) is 5.91 Å². The van der Waals surface area contributed by atoms with Crippen LogP contribution < -0.4 is 10.1 Å². The van der Waals surface area contributed by atoms with Crippen molar-refractivity contribution in [2.24, 2.45) is 0 Å². The molecule has 1 amide bonds. The SMILES string of the molecule is COCCCNC(=O)C(C)Oc1ccc(C)cc1[C@H](C)O. The lowest BCUT2D eigenvalue weighted by Gasteiger charge is -2.19. The van der Waals surface area contributed by atoms with Gasteiger partial charge in [-0.3, -0.25) is 4.79 Å². The van der Waals surface area contributed by atoms with E-state index in [0.717, 1.165) is 12.0 Å². The second-order valence-electron chi connectivity index (χ2n) is 5.11. The number of carbonyl (C=O) groups is 1. The van der Waals surface area contributed by atoms with Gasteiger partial charge in [0, 0.05) is 25.8 Å². The number of carbonyl (C=O) groups excluding carboxylic acids is 1. The number of hydrogen-bond donors (Lipinski definition) is 2. The first-order chi connectivity index (χ1) is 9.95. The molecule has 0 heterocycles. The minimum atomic E-state index is -0.642. The fraction of sp³-hybridized carbons (Fsp3) is 0.562. The van der Waals surface area contributed by atoms with Gasteiger partial charge in [0.05, 0.1) is 6.10 Å². The van der Waals surface area contributed by atoms with Crippen molar-refractivity contribution in [1.82, 2.24) is 5.32 Å². The highest BCUT2D eigenvalue weighted by Crippen LogP contribution is 2.27. The topological polar surface area (TPSA) is 67.8 Å². The highest BCUT2D eigenvalue weighted by atomic mass is 16.5. The summed E-state index contributed by atoms with van der Waals surface area (Å²) in [5.41, 5.74) is 1.73. The third-order valence-corrected chi connectivity index (χ3v) is 3.11. The fourth-order valence-electron chi connectivity index (χ4n) is 1.92. The molecule has 118 valence electrons. The Morgan fingerprint density at radius 2 is 2.10 bits per heavy atom. The molecule has 0 radical (unpaired) electrons. The predicted octanol–water partition coefficient (Wildman–Crippen LogP) is 1.97. The van der Waals surface area contributed by atoms with Gasteiger partial charge >= 0.3 is 0 Å². The molecule has 0 fully saturated rings. The molecule has 5 heteroatoms. The minimum absolute atomic E-state index is 0.178. The molecular weight excluding hydrogens is 270 g/mol. The van der Waals surface area contributed by atoms with E-state index in [1.807, 2.05) is 19.1 Å². The molecule has 0 spiro atoms. The van der Waals surface area contributed by atoms with Gasteiger partial charge in [-0.25, -0.2) is 0 Å². The standard InChI is InChI=1S/C16H25NO4/c1-11-6-7-15(14(10-11)12(2)18)21-13(3)16(19)17-8-5-9-20-4/h6-7,10,12-13,18H,5,8-9H2,1-4H3,(H,17,19)/t12-,13?/m0/s1. The number of rotatable bonds is 8. The molecule has 0 aromatic heterocycles. The first kappa shape index (κ1) is 17.5. The van der Waals surface area contributed by atoms with Gasteiger partial charge < -0.3 is 19.9 Å². The van der Waals surface area contributed by atoms with E-state index in [9.17, 15) is 9.90 Å². The number of hydrogen-bond acceptors (Lipinski definition) is 4. The summed E-state index contributed by atoms with van der Waals surface area (Å²) in [4.78, 5) is 11.9. The molecule has 2 atom stereocenters. The van der Waals surface area contributed by atoms with Crippen LogP contribution in [0.5, 0.6) is 5.75 Å². The Kier molecular flexibility index (Phi) is 7.19. The van der Waals surface area contributed by atoms with Crippen LogP contribution in [0.15, 0.2) is 18.2 Å². The molecule has 0 saturated heterocycles. The van der Waals surface area contributed by atoms with Crippen molar-refractivity contribution in [3.63, 3.8) is 0 Å². The van der Waals surface area contributed by atoms with E-state index in [2.05, 4.69) is 5.32 Å². The highest BCUT2D eigenvalue weighted by Gasteiger charge is 2.17. The second-order valence-corrected chi connectivity index (χ2v) is 5.11. The fourth-order valence-corrected chi connectivity index (χ4v) is 1.92. The average molecular weight is 295 g/mol. The Labute approximate surface area is 126 Å². The number of methoxy groups -OCH3 is 1. The van der Waals surface area contributed by atoms with Crippen LogP contribution >= 0.6 is 0 Å². The van der Waals surface area contributed by atoms with E-state index in [0.29, 0.717) is 24.5 Å². The van der Waals surface area contributed by atoms with Gasteiger partial charge in [0.25, 0.3) is 5.91 Å². The highest BCUT2D eigenvalue weighted by molar-refractivity contribution is 5.80. The molecule has 2 N–H and O–H groups in total. The second kappa shape index (κ2) is 8.64. The van der Waals surface area contributed by atoms with E-state index in [1.165, 1.54) is 0 Å². The summed E-state index contributed by atoms with van der Waals surface area (Å²) in [6.45, 7) is 6.48. The lowest BCUT2D eigenvalue weighted by atomic mass is 10.1. The molecule has 1 aromatic carbocycles. The zero-order valence-corrected chi connectivity index (χ0v) is 13.2. The normalized spacial score (nSPS) is 13.6. The lowest BCUT2D eigenvalue weighted by Crippen LogP contribution is -2.37. The Hall–Kier alpha value is -1.59. The number of ether oxygens (including phenoxy) is 2. The quantitative estimate of drug-likeness (QED) is 0.720. The zero-order chi connectivity index (χ0) is 15.8. The molecule has 0 aliphatic carbocycles. The third kappa shape index (κ3) is 5.73. The summed E-state index contributed by atoms with van der Waals surface area (Å²) >= 11 is 0. The maximum absolute atomic E-state index is 11.9. The molecule has 1 rings (SSSR count). The number of aliphatic hydroxyl groups is 1. The van der Waals surface area contributed by atoms with Gasteiger partial charge in [0.1, 0.15) is 5.75 Å². The van der Waals surface area contributed by atoms with Crippen molar-refractivity contribution in [2.45, 2.75) is 39.4 Å². The van der Waals surface area contributed by atoms with Gasteiger partial charge in [-0.15, -0.1) is 0 Å². The van der Waals surface area contributed by atoms with Gasteiger partial charge in [-0.05, 0) is 39.3 Å². The van der Waals surface area contributed by atoms with Crippen LogP contribution in [0.25, 0.3) is 0 Å². The molecule has 0 bridgehead atoms. The molecular formula is C16H25NO4. The van der Waals surface area contributed by atoms with Gasteiger partial charge in [-0.1, -0.05) is 11.6 Å². The largest absolute Gasteiger partial charge is 0.481 e. The van der Waals surface area contributed by atoms with Crippen molar-refractivity contribution in [1.29, 1.82) is 0 Å². The van der Waals surface area contributed by atoms with Crippen LogP contribution in [-0.4, -0.2) is 37.4 Å². The van der Waals surface area contributed by atoms with Crippen molar-refractivity contribution in [2.75, 3.05) is 20.3 Å². The molecule has 0 aliphatic heterocycles. The Morgan fingerprint density at radius 1 is 1.38 bits per heavy atom. The number of nitrogens with one attached hydrogen (secondary N) is 1. The Balaban J connectivity index is 2.61. The van der Waals surface area contributed by atoms with Gasteiger partial charge in [-0.2, -0.15) is 0 Å². The smallest absolute Gasteiger partial charge is 0.260 e. The summed E-state index contributed by atoms with van der Waals surface area (Å²) in [6.07, 6.45) is -0.497. The molecule has 0 aliphatic rings. The molecule has 1 unspecified atom stereocenters. The van der Waals surface area contributed by atoms with Crippen LogP contribution in [0.2, 0.25) is 0 Å². The number of aryl methyl sites for hydroxylation is 1. The summed E-state index contributed by atoms with van der Waals surface area (Å²) in [5.74, 6) is 0.360. The minimum Gasteiger partial charge on any atom is -0.481 e. The average Bonchev–Trinajstić information content (AvgIpc) is 2.44. The van der Waals surface area contributed by atoms with Gasteiger partial charge in [0.2, 0.25) is 0 Å². The molecule has 5 nitrogen and oxygen atoms in total. The maximum atomic E-state index is 11.9. The van der Waals surface area contributed by atoms with Crippen molar-refractivity contribution in [3.8, 4) is 5.75 Å². The number of amides is 1. The van der Waals surface area contributed by atoms with Crippen LogP contribution in [0.1, 0.15) is 37.5 Å². The van der Waals surface area contributed by atoms with Gasteiger partial charge in [0.15, 0.2) is 6.10 Å². The molecule has 0 saturated carbocycles. The third-order valence-electron chi connectivity index (χ3n) is 3.11. The maximum Gasteiger partial charge on any atom is 0.260 e. The van der Waals surface area contributed by atoms with Crippen molar-refractivity contribution < 1.29 is 19.4 Å². The van der Waals surface area contributed by atoms with Crippen LogP contribution in [0, 0.1) is 6.92 Å². The number of aliphatic hydroxyl groups excluding tert-OH is 1. The Bertz CT molecular complexity index is 460. The number of benzene rings is 1. The first-order valence-corrected chi connectivity index (χ1v) is 7.17. The molecule has 21 heavy (non-hydrogen) atoms. The van der Waals surface area contributed by atoms with Crippen LogP contribution in [-0.2, 0) is 9.53 Å². The van der Waals surface area contributed by atoms with E-state index in [1.54, 1.807) is 27.0 Å². The van der Waals surface area contributed by atoms with Crippen molar-refractivity contribution in [3.05, 3.63) is 29.3 Å². The predicted molar refractivity (Wildman–Crippen MR) is 81.4 cm³/mol. The van der Waals surface area contributed by atoms with E-state index >= 15 is 0 Å². The Morgan fingerprint density at radius 3 is 2.71 bits per heavy atom.